The van der Waals surface area contributed by atoms with Crippen LogP contribution in [0.25, 0.3) is 0 Å². The lowest BCUT2D eigenvalue weighted by Gasteiger charge is -2.48. The highest BCUT2D eigenvalue weighted by Crippen LogP contribution is 2.50. The summed E-state index contributed by atoms with van der Waals surface area (Å²) in [5, 5.41) is 3.71. The second kappa shape index (κ2) is 8.27. The predicted molar refractivity (Wildman–Crippen MR) is 115 cm³/mol. The van der Waals surface area contributed by atoms with Crippen LogP contribution in [0.3, 0.4) is 0 Å². The van der Waals surface area contributed by atoms with Gasteiger partial charge in [0.05, 0.1) is 12.1 Å². The van der Waals surface area contributed by atoms with Gasteiger partial charge in [0.1, 0.15) is 0 Å². The van der Waals surface area contributed by atoms with Crippen molar-refractivity contribution in [3.63, 3.8) is 0 Å². The summed E-state index contributed by atoms with van der Waals surface area (Å²) in [7, 11) is 0. The van der Waals surface area contributed by atoms with Crippen LogP contribution in [-0.4, -0.2) is 41.8 Å². The quantitative estimate of drug-likeness (QED) is 0.776. The fourth-order valence-corrected chi connectivity index (χ4v) is 4.96. The van der Waals surface area contributed by atoms with Crippen LogP contribution in [-0.2, 0) is 4.79 Å². The topological polar surface area (TPSA) is 52.7 Å². The van der Waals surface area contributed by atoms with Crippen molar-refractivity contribution in [1.29, 1.82) is 0 Å². The van der Waals surface area contributed by atoms with E-state index >= 15 is 0 Å². The summed E-state index contributed by atoms with van der Waals surface area (Å²) >= 11 is 0. The molecular weight excluding hydrogens is 362 g/mol. The van der Waals surface area contributed by atoms with E-state index in [0.29, 0.717) is 18.7 Å². The van der Waals surface area contributed by atoms with Gasteiger partial charge in [0.15, 0.2) is 0 Å². The molecule has 3 atom stereocenters. The van der Waals surface area contributed by atoms with Gasteiger partial charge in [0, 0.05) is 36.8 Å². The van der Waals surface area contributed by atoms with Gasteiger partial charge in [-0.25, -0.2) is 0 Å². The van der Waals surface area contributed by atoms with E-state index in [1.165, 1.54) is 5.56 Å². The first-order valence-electron chi connectivity index (χ1n) is 10.6. The number of rotatable bonds is 5. The monoisotopic (exact) mass is 391 g/mol. The van der Waals surface area contributed by atoms with E-state index in [1.54, 1.807) is 0 Å². The number of carbonyl (C=O) groups excluding carboxylic acids is 2. The molecule has 0 saturated carbocycles. The molecule has 152 valence electrons. The largest absolute Gasteiger partial charge is 0.378 e. The zero-order valence-corrected chi connectivity index (χ0v) is 17.2. The van der Waals surface area contributed by atoms with E-state index in [1.807, 2.05) is 47.9 Å². The Hall–Kier alpha value is -2.82. The number of likely N-dealkylation sites (tertiary alicyclic amines) is 1. The van der Waals surface area contributed by atoms with Crippen molar-refractivity contribution >= 4 is 18.0 Å². The van der Waals surface area contributed by atoms with Crippen LogP contribution in [0.2, 0.25) is 0 Å². The van der Waals surface area contributed by atoms with Gasteiger partial charge in [0.2, 0.25) is 6.41 Å². The van der Waals surface area contributed by atoms with Crippen molar-refractivity contribution in [2.24, 2.45) is 5.92 Å². The zero-order valence-electron chi connectivity index (χ0n) is 17.2. The summed E-state index contributed by atoms with van der Waals surface area (Å²) < 4.78 is 0. The van der Waals surface area contributed by atoms with Crippen LogP contribution >= 0.6 is 0 Å². The van der Waals surface area contributed by atoms with Crippen molar-refractivity contribution in [1.82, 2.24) is 9.80 Å². The maximum Gasteiger partial charge on any atom is 0.253 e. The molecule has 1 fully saturated rings. The predicted octanol–water partition coefficient (Wildman–Crippen LogP) is 4.24. The lowest BCUT2D eigenvalue weighted by atomic mass is 9.74. The standard InChI is InChI=1S/C24H29N3O2/c1-3-26(4-2)24(29)18-12-13-21-20(15-18)23-19(11-8-14-27(23)16-28)22(25-21)17-9-6-5-7-10-17/h5-7,9-10,12-13,15-16,19,22-23,25H,3-4,8,11,14H2,1-2H3. The Bertz CT molecular complexity index is 879. The fourth-order valence-electron chi connectivity index (χ4n) is 4.96. The number of nitrogens with zero attached hydrogens (tertiary/aromatic N) is 2. The van der Waals surface area contributed by atoms with Crippen molar-refractivity contribution in [3.8, 4) is 0 Å². The fraction of sp³-hybridized carbons (Fsp3) is 0.417. The van der Waals surface area contributed by atoms with Gasteiger partial charge in [-0.2, -0.15) is 0 Å². The molecule has 2 amide bonds. The van der Waals surface area contributed by atoms with E-state index in [0.717, 1.165) is 37.0 Å². The normalized spacial score (nSPS) is 22.8. The molecule has 0 aromatic heterocycles. The number of nitrogens with one attached hydrogen (secondary N) is 1. The smallest absolute Gasteiger partial charge is 0.253 e. The first-order chi connectivity index (χ1) is 14.2. The molecule has 2 aromatic carbocycles. The Balaban J connectivity index is 1.77. The molecule has 0 aliphatic carbocycles. The Morgan fingerprint density at radius 2 is 1.93 bits per heavy atom. The summed E-state index contributed by atoms with van der Waals surface area (Å²) in [5.74, 6) is 0.329. The maximum absolute atomic E-state index is 12.9. The Morgan fingerprint density at radius 1 is 1.17 bits per heavy atom. The number of piperidine rings is 1. The summed E-state index contributed by atoms with van der Waals surface area (Å²) in [5.41, 5.74) is 4.02. The number of carbonyl (C=O) groups is 2. The van der Waals surface area contributed by atoms with Crippen molar-refractivity contribution < 1.29 is 9.59 Å². The zero-order chi connectivity index (χ0) is 20.4. The van der Waals surface area contributed by atoms with Gasteiger partial charge in [-0.1, -0.05) is 30.3 Å². The minimum Gasteiger partial charge on any atom is -0.378 e. The molecule has 5 nitrogen and oxygen atoms in total. The average Bonchev–Trinajstić information content (AvgIpc) is 2.79. The van der Waals surface area contributed by atoms with Gasteiger partial charge in [-0.3, -0.25) is 9.59 Å². The molecule has 1 saturated heterocycles. The van der Waals surface area contributed by atoms with Gasteiger partial charge in [-0.05, 0) is 56.0 Å². The lowest BCUT2D eigenvalue weighted by Crippen LogP contribution is -2.45. The summed E-state index contributed by atoms with van der Waals surface area (Å²) in [6.07, 6.45) is 3.03. The van der Waals surface area contributed by atoms with Gasteiger partial charge in [0.25, 0.3) is 5.91 Å². The molecule has 29 heavy (non-hydrogen) atoms. The third-order valence-electron chi connectivity index (χ3n) is 6.42. The third-order valence-corrected chi connectivity index (χ3v) is 6.42. The summed E-state index contributed by atoms with van der Waals surface area (Å²) in [4.78, 5) is 28.6. The lowest BCUT2D eigenvalue weighted by molar-refractivity contribution is -0.123. The molecule has 4 rings (SSSR count). The summed E-state index contributed by atoms with van der Waals surface area (Å²) in [6, 6.07) is 16.5. The van der Waals surface area contributed by atoms with E-state index in [-0.39, 0.29) is 23.9 Å². The Labute approximate surface area is 172 Å². The minimum absolute atomic E-state index is 0.00726. The van der Waals surface area contributed by atoms with Gasteiger partial charge >= 0.3 is 0 Å². The second-order valence-electron chi connectivity index (χ2n) is 7.91. The molecule has 5 heteroatoms. The van der Waals surface area contributed by atoms with Crippen LogP contribution in [0.1, 0.15) is 60.3 Å². The highest BCUT2D eigenvalue weighted by atomic mass is 16.2. The molecule has 0 radical (unpaired) electrons. The first kappa shape index (κ1) is 19.5. The Morgan fingerprint density at radius 3 is 2.62 bits per heavy atom. The van der Waals surface area contributed by atoms with Crippen LogP contribution in [0, 0.1) is 5.92 Å². The number of anilines is 1. The molecule has 0 spiro atoms. The van der Waals surface area contributed by atoms with Crippen molar-refractivity contribution in [2.45, 2.75) is 38.8 Å². The molecular formula is C24H29N3O2. The molecule has 2 aliphatic rings. The van der Waals surface area contributed by atoms with E-state index in [4.69, 9.17) is 0 Å². The molecule has 1 N–H and O–H groups in total. The highest BCUT2D eigenvalue weighted by molar-refractivity contribution is 5.95. The Kier molecular flexibility index (Phi) is 5.56. The van der Waals surface area contributed by atoms with Crippen LogP contribution < -0.4 is 5.32 Å². The van der Waals surface area contributed by atoms with Gasteiger partial charge in [-0.15, -0.1) is 0 Å². The van der Waals surface area contributed by atoms with Crippen molar-refractivity contribution in [2.75, 3.05) is 25.0 Å². The average molecular weight is 392 g/mol. The van der Waals surface area contributed by atoms with Gasteiger partial charge < -0.3 is 15.1 Å². The van der Waals surface area contributed by atoms with Crippen LogP contribution in [0.4, 0.5) is 5.69 Å². The third kappa shape index (κ3) is 3.50. The minimum atomic E-state index is -0.00726. The molecule has 2 aromatic rings. The van der Waals surface area contributed by atoms with Crippen molar-refractivity contribution in [3.05, 3.63) is 65.2 Å². The summed E-state index contributed by atoms with van der Waals surface area (Å²) in [6.45, 7) is 6.13. The number of hydrogen-bond donors (Lipinski definition) is 1. The number of amides is 2. The number of benzene rings is 2. The molecule has 2 heterocycles. The maximum atomic E-state index is 12.9. The number of fused-ring (bicyclic) bond motifs is 3. The SMILES string of the molecule is CCN(CC)C(=O)c1ccc2c(c1)C1C(CCCN1C=O)C(c1ccccc1)N2. The van der Waals surface area contributed by atoms with E-state index < -0.39 is 0 Å². The van der Waals surface area contributed by atoms with Crippen LogP contribution in [0.15, 0.2) is 48.5 Å². The van der Waals surface area contributed by atoms with E-state index in [2.05, 4.69) is 29.6 Å². The highest BCUT2D eigenvalue weighted by Gasteiger charge is 2.42. The van der Waals surface area contributed by atoms with Crippen LogP contribution in [0.5, 0.6) is 0 Å². The molecule has 0 bridgehead atoms. The van der Waals surface area contributed by atoms with E-state index in [9.17, 15) is 9.59 Å². The molecule has 3 unspecified atom stereocenters. The first-order valence-corrected chi connectivity index (χ1v) is 10.6. The second-order valence-corrected chi connectivity index (χ2v) is 7.91. The number of hydrogen-bond acceptors (Lipinski definition) is 3. The molecule has 2 aliphatic heterocycles.